The molecule has 1 amide bonds. The van der Waals surface area contributed by atoms with Crippen LogP contribution in [0.5, 0.6) is 0 Å². The number of ether oxygens (including phenoxy) is 1. The number of hydrogen-bond acceptors (Lipinski definition) is 4. The van der Waals surface area contributed by atoms with Gasteiger partial charge in [0.05, 0.1) is 25.7 Å². The molecule has 1 fully saturated rings. The van der Waals surface area contributed by atoms with Crippen LogP contribution in [0.3, 0.4) is 0 Å². The van der Waals surface area contributed by atoms with E-state index in [4.69, 9.17) is 9.73 Å². The second kappa shape index (κ2) is 13.7. The van der Waals surface area contributed by atoms with Gasteiger partial charge in [-0.1, -0.05) is 37.3 Å². The number of guanidine groups is 1. The molecule has 3 rings (SSSR count). The Bertz CT molecular complexity index is 822. The van der Waals surface area contributed by atoms with Crippen LogP contribution in [-0.2, 0) is 22.5 Å². The third kappa shape index (κ3) is 7.76. The van der Waals surface area contributed by atoms with Gasteiger partial charge in [0.1, 0.15) is 0 Å². The number of morpholine rings is 1. The van der Waals surface area contributed by atoms with Crippen molar-refractivity contribution in [3.05, 3.63) is 57.8 Å². The SMILES string of the molecule is CCNC(=NCc1ccc(CC)s1)NCC(C(=O)N1CCOCC1)c1ccccc1.I. The van der Waals surface area contributed by atoms with Crippen molar-refractivity contribution in [1.29, 1.82) is 0 Å². The molecule has 0 spiro atoms. The summed E-state index contributed by atoms with van der Waals surface area (Å²) in [5.74, 6) is 0.611. The van der Waals surface area contributed by atoms with E-state index in [2.05, 4.69) is 29.7 Å². The van der Waals surface area contributed by atoms with E-state index in [9.17, 15) is 4.79 Å². The largest absolute Gasteiger partial charge is 0.378 e. The summed E-state index contributed by atoms with van der Waals surface area (Å²) in [6, 6.07) is 14.3. The Morgan fingerprint density at radius 2 is 1.81 bits per heavy atom. The van der Waals surface area contributed by atoms with Crippen molar-refractivity contribution in [2.75, 3.05) is 39.4 Å². The number of nitrogens with zero attached hydrogens (tertiary/aromatic N) is 2. The molecule has 0 bridgehead atoms. The van der Waals surface area contributed by atoms with E-state index in [0.29, 0.717) is 39.4 Å². The maximum Gasteiger partial charge on any atom is 0.232 e. The first-order chi connectivity index (χ1) is 14.7. The van der Waals surface area contributed by atoms with Crippen LogP contribution in [0.25, 0.3) is 0 Å². The molecule has 1 saturated heterocycles. The fourth-order valence-corrected chi connectivity index (χ4v) is 4.31. The van der Waals surface area contributed by atoms with E-state index in [0.717, 1.165) is 24.5 Å². The van der Waals surface area contributed by atoms with Crippen LogP contribution < -0.4 is 10.6 Å². The summed E-state index contributed by atoms with van der Waals surface area (Å²) in [5, 5.41) is 6.69. The molecule has 1 aromatic carbocycles. The monoisotopic (exact) mass is 556 g/mol. The number of halogens is 1. The van der Waals surface area contributed by atoms with Crippen LogP contribution in [0.2, 0.25) is 0 Å². The van der Waals surface area contributed by atoms with Gasteiger partial charge >= 0.3 is 0 Å². The third-order valence-corrected chi connectivity index (χ3v) is 6.31. The molecule has 8 heteroatoms. The molecule has 170 valence electrons. The fourth-order valence-electron chi connectivity index (χ4n) is 3.43. The average molecular weight is 557 g/mol. The van der Waals surface area contributed by atoms with Gasteiger partial charge in [-0.25, -0.2) is 4.99 Å². The number of thiophene rings is 1. The zero-order valence-corrected chi connectivity index (χ0v) is 21.4. The molecule has 1 atom stereocenters. The van der Waals surface area contributed by atoms with E-state index in [1.165, 1.54) is 9.75 Å². The van der Waals surface area contributed by atoms with E-state index >= 15 is 0 Å². The predicted molar refractivity (Wildman–Crippen MR) is 139 cm³/mol. The predicted octanol–water partition coefficient (Wildman–Crippen LogP) is 3.63. The van der Waals surface area contributed by atoms with E-state index in [-0.39, 0.29) is 35.8 Å². The van der Waals surface area contributed by atoms with Crippen LogP contribution in [0.15, 0.2) is 47.5 Å². The van der Waals surface area contributed by atoms with E-state index in [1.54, 1.807) is 11.3 Å². The molecule has 0 radical (unpaired) electrons. The highest BCUT2D eigenvalue weighted by molar-refractivity contribution is 14.0. The zero-order valence-electron chi connectivity index (χ0n) is 18.3. The normalized spacial score (nSPS) is 15.2. The summed E-state index contributed by atoms with van der Waals surface area (Å²) in [7, 11) is 0. The topological polar surface area (TPSA) is 66.0 Å². The summed E-state index contributed by atoms with van der Waals surface area (Å²) in [4.78, 5) is 22.5. The Balaban J connectivity index is 0.00000341. The van der Waals surface area contributed by atoms with Gasteiger partial charge in [-0.15, -0.1) is 35.3 Å². The molecule has 2 heterocycles. The lowest BCUT2D eigenvalue weighted by Gasteiger charge is -2.31. The number of carbonyl (C=O) groups is 1. The van der Waals surface area contributed by atoms with Crippen LogP contribution in [0.4, 0.5) is 0 Å². The second-order valence-electron chi connectivity index (χ2n) is 7.20. The van der Waals surface area contributed by atoms with Crippen molar-refractivity contribution in [2.24, 2.45) is 4.99 Å². The Morgan fingerprint density at radius 3 is 2.45 bits per heavy atom. The Morgan fingerprint density at radius 1 is 1.10 bits per heavy atom. The molecular formula is C23H33IN4O2S. The Hall–Kier alpha value is -1.65. The van der Waals surface area contributed by atoms with Gasteiger partial charge < -0.3 is 20.3 Å². The van der Waals surface area contributed by atoms with Gasteiger partial charge in [0, 0.05) is 35.9 Å². The smallest absolute Gasteiger partial charge is 0.232 e. The first-order valence-electron chi connectivity index (χ1n) is 10.7. The van der Waals surface area contributed by atoms with Gasteiger partial charge in [0.2, 0.25) is 5.91 Å². The van der Waals surface area contributed by atoms with E-state index in [1.807, 2.05) is 42.2 Å². The molecule has 1 unspecified atom stereocenters. The number of rotatable bonds is 8. The molecule has 2 N–H and O–H groups in total. The molecule has 6 nitrogen and oxygen atoms in total. The standard InChI is InChI=1S/C23H32N4O2S.HI/c1-3-19-10-11-20(30-19)16-25-23(24-4-2)26-17-21(18-8-6-5-7-9-18)22(28)27-12-14-29-15-13-27;/h5-11,21H,3-4,12-17H2,1-2H3,(H2,24,25,26);1H. The molecular weight excluding hydrogens is 523 g/mol. The number of aryl methyl sites for hydroxylation is 1. The van der Waals surface area contributed by atoms with Crippen LogP contribution >= 0.6 is 35.3 Å². The lowest BCUT2D eigenvalue weighted by atomic mass is 9.97. The number of hydrogen-bond donors (Lipinski definition) is 2. The summed E-state index contributed by atoms with van der Waals surface area (Å²) < 4.78 is 5.41. The maximum absolute atomic E-state index is 13.3. The second-order valence-corrected chi connectivity index (χ2v) is 8.45. The van der Waals surface area contributed by atoms with Gasteiger partial charge in [-0.2, -0.15) is 0 Å². The molecule has 2 aromatic rings. The minimum Gasteiger partial charge on any atom is -0.378 e. The van der Waals surface area contributed by atoms with Crippen LogP contribution in [0.1, 0.15) is 35.1 Å². The van der Waals surface area contributed by atoms with Crippen molar-refractivity contribution in [1.82, 2.24) is 15.5 Å². The van der Waals surface area contributed by atoms with E-state index < -0.39 is 0 Å². The molecule has 1 aliphatic heterocycles. The highest BCUT2D eigenvalue weighted by Crippen LogP contribution is 2.19. The highest BCUT2D eigenvalue weighted by Gasteiger charge is 2.27. The third-order valence-electron chi connectivity index (χ3n) is 5.10. The van der Waals surface area contributed by atoms with Crippen molar-refractivity contribution in [3.8, 4) is 0 Å². The minimum absolute atomic E-state index is 0. The molecule has 1 aromatic heterocycles. The highest BCUT2D eigenvalue weighted by atomic mass is 127. The number of aliphatic imine (C=N–C) groups is 1. The summed E-state index contributed by atoms with van der Waals surface area (Å²) in [6.45, 7) is 8.61. The van der Waals surface area contributed by atoms with Gasteiger partial charge in [-0.05, 0) is 31.0 Å². The van der Waals surface area contributed by atoms with Crippen molar-refractivity contribution < 1.29 is 9.53 Å². The Labute approximate surface area is 206 Å². The first kappa shape index (κ1) is 25.6. The molecule has 0 saturated carbocycles. The van der Waals surface area contributed by atoms with Crippen LogP contribution in [-0.4, -0.2) is 56.2 Å². The van der Waals surface area contributed by atoms with Crippen molar-refractivity contribution >= 4 is 47.2 Å². The summed E-state index contributed by atoms with van der Waals surface area (Å²) in [6.07, 6.45) is 1.05. The zero-order chi connectivity index (χ0) is 21.2. The lowest BCUT2D eigenvalue weighted by Crippen LogP contribution is -2.47. The Kier molecular flexibility index (Phi) is 11.3. The number of carbonyl (C=O) groups excluding carboxylic acids is 1. The fraction of sp³-hybridized carbons (Fsp3) is 0.478. The molecule has 1 aliphatic rings. The van der Waals surface area contributed by atoms with Crippen molar-refractivity contribution in [3.63, 3.8) is 0 Å². The van der Waals surface area contributed by atoms with Gasteiger partial charge in [0.15, 0.2) is 5.96 Å². The van der Waals surface area contributed by atoms with Gasteiger partial charge in [0.25, 0.3) is 0 Å². The van der Waals surface area contributed by atoms with Crippen LogP contribution in [0, 0.1) is 0 Å². The lowest BCUT2D eigenvalue weighted by molar-refractivity contribution is -0.136. The van der Waals surface area contributed by atoms with Crippen molar-refractivity contribution in [2.45, 2.75) is 32.7 Å². The summed E-state index contributed by atoms with van der Waals surface area (Å²) >= 11 is 1.80. The first-order valence-corrected chi connectivity index (χ1v) is 11.5. The number of nitrogens with one attached hydrogen (secondary N) is 2. The number of amides is 1. The summed E-state index contributed by atoms with van der Waals surface area (Å²) in [5.41, 5.74) is 1.02. The maximum atomic E-state index is 13.3. The number of benzene rings is 1. The average Bonchev–Trinajstić information content (AvgIpc) is 3.27. The quantitative estimate of drug-likeness (QED) is 0.296. The minimum atomic E-state index is -0.262. The van der Waals surface area contributed by atoms with Gasteiger partial charge in [-0.3, -0.25) is 4.79 Å². The molecule has 0 aliphatic carbocycles. The molecule has 31 heavy (non-hydrogen) atoms.